The monoisotopic (exact) mass is 233 g/mol. The van der Waals surface area contributed by atoms with Gasteiger partial charge in [0, 0.05) is 11.8 Å². The number of halogens is 1. The summed E-state index contributed by atoms with van der Waals surface area (Å²) in [5, 5.41) is 9.12. The van der Waals surface area contributed by atoms with Crippen molar-refractivity contribution in [2.75, 3.05) is 0 Å². The Bertz CT molecular complexity index is 529. The Morgan fingerprint density at radius 3 is 2.88 bits per heavy atom. The van der Waals surface area contributed by atoms with Gasteiger partial charge >= 0.3 is 0 Å². The zero-order valence-corrected chi connectivity index (χ0v) is 9.35. The molecule has 0 saturated heterocycles. The van der Waals surface area contributed by atoms with Gasteiger partial charge in [0.05, 0.1) is 12.8 Å². The molecule has 0 radical (unpaired) electrons. The Kier molecular flexibility index (Phi) is 3.35. The number of aryl methyl sites for hydroxylation is 1. The number of aromatic nitrogens is 1. The third-order valence-corrected chi connectivity index (χ3v) is 2.35. The molecule has 0 spiro atoms. The van der Waals surface area contributed by atoms with Crippen LogP contribution in [0, 0.1) is 12.7 Å². The number of benzene rings is 1. The van der Waals surface area contributed by atoms with Crippen LogP contribution in [-0.4, -0.2) is 10.1 Å². The second-order valence-corrected chi connectivity index (χ2v) is 3.68. The second kappa shape index (κ2) is 4.93. The first-order valence-electron chi connectivity index (χ1n) is 5.18. The minimum Gasteiger partial charge on any atom is -0.452 e. The Morgan fingerprint density at radius 2 is 2.12 bits per heavy atom. The second-order valence-electron chi connectivity index (χ2n) is 3.68. The molecule has 1 aromatic carbocycles. The highest BCUT2D eigenvalue weighted by molar-refractivity contribution is 5.37. The minimum atomic E-state index is -0.441. The van der Waals surface area contributed by atoms with Gasteiger partial charge in [0.1, 0.15) is 0 Å². The molecule has 1 N–H and O–H groups in total. The van der Waals surface area contributed by atoms with E-state index in [0.29, 0.717) is 11.3 Å². The maximum atomic E-state index is 13.5. The van der Waals surface area contributed by atoms with Gasteiger partial charge in [-0.1, -0.05) is 6.07 Å². The topological polar surface area (TPSA) is 42.4 Å². The van der Waals surface area contributed by atoms with Gasteiger partial charge in [-0.05, 0) is 30.7 Å². The molecular formula is C13H12FNO2. The molecule has 17 heavy (non-hydrogen) atoms. The van der Waals surface area contributed by atoms with Crippen LogP contribution in [0.5, 0.6) is 11.5 Å². The van der Waals surface area contributed by atoms with E-state index in [4.69, 9.17) is 9.84 Å². The summed E-state index contributed by atoms with van der Waals surface area (Å²) in [6, 6.07) is 6.24. The summed E-state index contributed by atoms with van der Waals surface area (Å²) in [4.78, 5) is 3.88. The zero-order chi connectivity index (χ0) is 12.3. The van der Waals surface area contributed by atoms with Gasteiger partial charge < -0.3 is 9.84 Å². The molecule has 0 amide bonds. The van der Waals surface area contributed by atoms with Gasteiger partial charge in [-0.15, -0.1) is 0 Å². The minimum absolute atomic E-state index is 0.132. The fourth-order valence-electron chi connectivity index (χ4n) is 1.44. The predicted molar refractivity (Wildman–Crippen MR) is 61.4 cm³/mol. The summed E-state index contributed by atoms with van der Waals surface area (Å²) in [6.45, 7) is 1.67. The number of aliphatic hydroxyl groups is 1. The van der Waals surface area contributed by atoms with Gasteiger partial charge in [0.25, 0.3) is 0 Å². The Morgan fingerprint density at radius 1 is 1.29 bits per heavy atom. The van der Waals surface area contributed by atoms with E-state index >= 15 is 0 Å². The van der Waals surface area contributed by atoms with Crippen LogP contribution in [0.3, 0.4) is 0 Å². The molecule has 0 fully saturated rings. The molecule has 3 nitrogen and oxygen atoms in total. The van der Waals surface area contributed by atoms with Crippen molar-refractivity contribution < 1.29 is 14.2 Å². The first-order chi connectivity index (χ1) is 8.20. The van der Waals surface area contributed by atoms with E-state index in [1.54, 1.807) is 24.4 Å². The predicted octanol–water partition coefficient (Wildman–Crippen LogP) is 2.81. The lowest BCUT2D eigenvalue weighted by Gasteiger charge is -2.10. The number of rotatable bonds is 3. The van der Waals surface area contributed by atoms with Gasteiger partial charge in [-0.3, -0.25) is 4.98 Å². The standard InChI is InChI=1S/C13H12FNO2/c1-9-2-3-11(14)12(6-9)17-13-7-15-5-4-10(13)8-16/h2-7,16H,8H2,1H3. The summed E-state index contributed by atoms with van der Waals surface area (Å²) in [6.07, 6.45) is 3.00. The van der Waals surface area contributed by atoms with Crippen LogP contribution in [0.25, 0.3) is 0 Å². The molecule has 0 aliphatic carbocycles. The number of hydrogen-bond donors (Lipinski definition) is 1. The fraction of sp³-hybridized carbons (Fsp3) is 0.154. The highest BCUT2D eigenvalue weighted by Crippen LogP contribution is 2.27. The fourth-order valence-corrected chi connectivity index (χ4v) is 1.44. The maximum Gasteiger partial charge on any atom is 0.165 e. The van der Waals surface area contributed by atoms with E-state index in [-0.39, 0.29) is 12.4 Å². The van der Waals surface area contributed by atoms with E-state index < -0.39 is 5.82 Å². The summed E-state index contributed by atoms with van der Waals surface area (Å²) in [7, 11) is 0. The summed E-state index contributed by atoms with van der Waals surface area (Å²) in [5.41, 5.74) is 1.47. The molecule has 0 saturated carbocycles. The lowest BCUT2D eigenvalue weighted by molar-refractivity contribution is 0.275. The highest BCUT2D eigenvalue weighted by atomic mass is 19.1. The van der Waals surface area contributed by atoms with Gasteiger partial charge in [0.15, 0.2) is 17.3 Å². The average Bonchev–Trinajstić information content (AvgIpc) is 2.34. The van der Waals surface area contributed by atoms with Crippen molar-refractivity contribution in [3.05, 3.63) is 53.6 Å². The van der Waals surface area contributed by atoms with Crippen LogP contribution in [0.2, 0.25) is 0 Å². The van der Waals surface area contributed by atoms with E-state index in [2.05, 4.69) is 4.98 Å². The molecule has 1 heterocycles. The van der Waals surface area contributed by atoms with E-state index in [1.807, 2.05) is 6.92 Å². The molecule has 0 bridgehead atoms. The third kappa shape index (κ3) is 2.60. The normalized spacial score (nSPS) is 10.3. The number of nitrogens with zero attached hydrogens (tertiary/aromatic N) is 1. The van der Waals surface area contributed by atoms with Gasteiger partial charge in [-0.2, -0.15) is 0 Å². The van der Waals surface area contributed by atoms with Crippen molar-refractivity contribution in [3.63, 3.8) is 0 Å². The van der Waals surface area contributed by atoms with Gasteiger partial charge in [-0.25, -0.2) is 4.39 Å². The van der Waals surface area contributed by atoms with Crippen molar-refractivity contribution in [2.45, 2.75) is 13.5 Å². The molecule has 88 valence electrons. The van der Waals surface area contributed by atoms with Crippen LogP contribution < -0.4 is 4.74 Å². The lowest BCUT2D eigenvalue weighted by Crippen LogP contribution is -1.94. The zero-order valence-electron chi connectivity index (χ0n) is 9.35. The van der Waals surface area contributed by atoms with E-state index in [0.717, 1.165) is 5.56 Å². The van der Waals surface area contributed by atoms with Crippen LogP contribution in [0.1, 0.15) is 11.1 Å². The van der Waals surface area contributed by atoms with Crippen molar-refractivity contribution in [2.24, 2.45) is 0 Å². The molecule has 2 rings (SSSR count). The molecule has 0 atom stereocenters. The highest BCUT2D eigenvalue weighted by Gasteiger charge is 2.08. The SMILES string of the molecule is Cc1ccc(F)c(Oc2cnccc2CO)c1. The van der Waals surface area contributed by atoms with Crippen LogP contribution >= 0.6 is 0 Å². The maximum absolute atomic E-state index is 13.5. The smallest absolute Gasteiger partial charge is 0.165 e. The number of hydrogen-bond acceptors (Lipinski definition) is 3. The molecule has 1 aromatic heterocycles. The Labute approximate surface area is 98.5 Å². The molecule has 0 aliphatic rings. The van der Waals surface area contributed by atoms with Crippen molar-refractivity contribution in [1.29, 1.82) is 0 Å². The first-order valence-corrected chi connectivity index (χ1v) is 5.18. The van der Waals surface area contributed by atoms with Crippen LogP contribution in [-0.2, 0) is 6.61 Å². The summed E-state index contributed by atoms with van der Waals surface area (Å²) in [5.74, 6) is 0.0514. The third-order valence-electron chi connectivity index (χ3n) is 2.35. The molecule has 0 unspecified atom stereocenters. The number of aliphatic hydroxyl groups excluding tert-OH is 1. The van der Waals surface area contributed by atoms with Crippen LogP contribution in [0.4, 0.5) is 4.39 Å². The lowest BCUT2D eigenvalue weighted by atomic mass is 10.2. The van der Waals surface area contributed by atoms with Crippen molar-refractivity contribution in [3.8, 4) is 11.5 Å². The number of ether oxygens (including phenoxy) is 1. The summed E-state index contributed by atoms with van der Waals surface area (Å²) >= 11 is 0. The average molecular weight is 233 g/mol. The molecule has 2 aromatic rings. The van der Waals surface area contributed by atoms with Crippen LogP contribution in [0.15, 0.2) is 36.7 Å². The van der Waals surface area contributed by atoms with E-state index in [1.165, 1.54) is 12.3 Å². The quantitative estimate of drug-likeness (QED) is 0.886. The molecule has 4 heteroatoms. The van der Waals surface area contributed by atoms with Crippen molar-refractivity contribution >= 4 is 0 Å². The largest absolute Gasteiger partial charge is 0.452 e. The Balaban J connectivity index is 2.34. The van der Waals surface area contributed by atoms with Gasteiger partial charge in [0.2, 0.25) is 0 Å². The molecular weight excluding hydrogens is 221 g/mol. The number of pyridine rings is 1. The summed E-state index contributed by atoms with van der Waals surface area (Å²) < 4.78 is 18.9. The Hall–Kier alpha value is -1.94. The molecule has 0 aliphatic heterocycles. The first kappa shape index (κ1) is 11.5. The van der Waals surface area contributed by atoms with E-state index in [9.17, 15) is 4.39 Å². The van der Waals surface area contributed by atoms with Crippen molar-refractivity contribution in [1.82, 2.24) is 4.98 Å².